The van der Waals surface area contributed by atoms with Gasteiger partial charge in [-0.05, 0) is 64.2 Å². The smallest absolute Gasteiger partial charge is 0.362 e. The minimum Gasteiger partial charge on any atom is -0.373 e. The van der Waals surface area contributed by atoms with Crippen molar-refractivity contribution in [2.24, 2.45) is 0 Å². The van der Waals surface area contributed by atoms with Crippen molar-refractivity contribution in [3.63, 3.8) is 0 Å². The topological polar surface area (TPSA) is 77.8 Å². The average molecular weight is 517 g/mol. The zero-order chi connectivity index (χ0) is 26.5. The summed E-state index contributed by atoms with van der Waals surface area (Å²) in [5.74, 6) is 0. The third-order valence-corrected chi connectivity index (χ3v) is 7.97. The maximum atomic E-state index is 11.8. The molecule has 0 aliphatic rings. The number of hydrogen-bond acceptors (Lipinski definition) is 2. The molecule has 208 valence electrons. The largest absolute Gasteiger partial charge is 0.373 e. The number of aliphatic hydroxyl groups is 1. The van der Waals surface area contributed by atoms with Crippen LogP contribution >= 0.6 is 7.60 Å². The van der Waals surface area contributed by atoms with Crippen molar-refractivity contribution in [3.05, 3.63) is 24.3 Å². The van der Waals surface area contributed by atoms with Crippen LogP contribution < -0.4 is 0 Å². The summed E-state index contributed by atoms with van der Waals surface area (Å²) in [4.78, 5) is 19.2. The summed E-state index contributed by atoms with van der Waals surface area (Å²) in [5, 5.41) is 8.65. The van der Waals surface area contributed by atoms with Gasteiger partial charge in [0.1, 0.15) is 6.54 Å². The van der Waals surface area contributed by atoms with E-state index in [9.17, 15) is 19.5 Å². The van der Waals surface area contributed by atoms with Crippen LogP contribution in [-0.2, 0) is 4.57 Å². The van der Waals surface area contributed by atoms with Crippen LogP contribution in [0.2, 0.25) is 0 Å². The van der Waals surface area contributed by atoms with Gasteiger partial charge in [0.15, 0.2) is 0 Å². The molecule has 0 aromatic carbocycles. The lowest BCUT2D eigenvalue weighted by Crippen LogP contribution is -2.49. The van der Waals surface area contributed by atoms with E-state index in [2.05, 4.69) is 31.2 Å². The molecule has 1 atom stereocenters. The number of allylic oxidation sites excluding steroid dienone is 4. The fourth-order valence-corrected chi connectivity index (χ4v) is 5.55. The van der Waals surface area contributed by atoms with E-state index in [1.807, 2.05) is 21.1 Å². The van der Waals surface area contributed by atoms with Gasteiger partial charge in [0.25, 0.3) is 0 Å². The Hall–Kier alpha value is -0.450. The monoisotopic (exact) mass is 516 g/mol. The van der Waals surface area contributed by atoms with Crippen LogP contribution in [0.4, 0.5) is 0 Å². The van der Waals surface area contributed by atoms with Gasteiger partial charge >= 0.3 is 7.60 Å². The van der Waals surface area contributed by atoms with E-state index in [-0.39, 0.29) is 13.0 Å². The zero-order valence-corrected chi connectivity index (χ0v) is 24.5. The Morgan fingerprint density at radius 1 is 0.629 bits per heavy atom. The Labute approximate surface area is 217 Å². The molecule has 0 aliphatic heterocycles. The van der Waals surface area contributed by atoms with Crippen molar-refractivity contribution in [1.82, 2.24) is 0 Å². The van der Waals surface area contributed by atoms with Gasteiger partial charge in [-0.3, -0.25) is 4.57 Å². The number of hydrogen-bond donors (Lipinski definition) is 3. The molecule has 3 N–H and O–H groups in total. The van der Waals surface area contributed by atoms with Gasteiger partial charge in [-0.15, -0.1) is 0 Å². The van der Waals surface area contributed by atoms with E-state index < -0.39 is 12.9 Å². The molecule has 5 nitrogen and oxygen atoms in total. The summed E-state index contributed by atoms with van der Waals surface area (Å²) in [7, 11) is 0.971. The van der Waals surface area contributed by atoms with Crippen molar-refractivity contribution >= 4 is 7.60 Å². The summed E-state index contributed by atoms with van der Waals surface area (Å²) in [6.45, 7) is 2.32. The highest BCUT2D eigenvalue weighted by Crippen LogP contribution is 2.52. The van der Waals surface area contributed by atoms with Gasteiger partial charge in [-0.25, -0.2) is 0 Å². The van der Waals surface area contributed by atoms with Crippen LogP contribution in [0.1, 0.15) is 129 Å². The molecule has 0 rings (SSSR count). The second-order valence-corrected chi connectivity index (χ2v) is 13.3. The van der Waals surface area contributed by atoms with E-state index >= 15 is 0 Å². The normalized spacial score (nSPS) is 14.8. The minimum atomic E-state index is -4.55. The lowest BCUT2D eigenvalue weighted by atomic mass is 10.0. The number of quaternary nitrogens is 1. The molecule has 0 saturated heterocycles. The molecule has 1 unspecified atom stereocenters. The zero-order valence-electron chi connectivity index (χ0n) is 23.6. The molecular formula is C29H59NO4P+. The lowest BCUT2D eigenvalue weighted by molar-refractivity contribution is -0.875. The third-order valence-electron chi connectivity index (χ3n) is 6.52. The van der Waals surface area contributed by atoms with Gasteiger partial charge in [-0.1, -0.05) is 89.0 Å². The molecule has 0 aliphatic carbocycles. The highest BCUT2D eigenvalue weighted by Gasteiger charge is 2.48. The van der Waals surface area contributed by atoms with Crippen LogP contribution in [0.25, 0.3) is 0 Å². The quantitative estimate of drug-likeness (QED) is 0.0524. The number of unbranched alkanes of at least 4 members (excludes halogenated alkanes) is 15. The Kier molecular flexibility index (Phi) is 20.3. The van der Waals surface area contributed by atoms with E-state index in [1.54, 1.807) is 0 Å². The minimum absolute atomic E-state index is 0.0579. The fraction of sp³-hybridized carbons (Fsp3) is 0.862. The van der Waals surface area contributed by atoms with Crippen LogP contribution in [-0.4, -0.2) is 52.4 Å². The first kappa shape index (κ1) is 34.6. The van der Waals surface area contributed by atoms with Crippen LogP contribution in [0.5, 0.6) is 0 Å². The van der Waals surface area contributed by atoms with Crippen LogP contribution in [0, 0.1) is 0 Å². The van der Waals surface area contributed by atoms with E-state index in [4.69, 9.17) is 0 Å². The van der Waals surface area contributed by atoms with Crippen molar-refractivity contribution in [1.29, 1.82) is 0 Å². The summed E-state index contributed by atoms with van der Waals surface area (Å²) in [5.41, 5.74) is 0. The van der Waals surface area contributed by atoms with E-state index in [0.29, 0.717) is 10.9 Å². The first-order chi connectivity index (χ1) is 16.5. The molecule has 0 aromatic heterocycles. The van der Waals surface area contributed by atoms with E-state index in [1.165, 1.54) is 89.9 Å². The predicted octanol–water partition coefficient (Wildman–Crippen LogP) is 8.10. The Balaban J connectivity index is 3.57. The van der Waals surface area contributed by atoms with Gasteiger partial charge in [0.05, 0.1) is 21.1 Å². The molecule has 0 aromatic rings. The van der Waals surface area contributed by atoms with Crippen molar-refractivity contribution in [2.75, 3.05) is 27.7 Å². The first-order valence-corrected chi connectivity index (χ1v) is 16.0. The van der Waals surface area contributed by atoms with Crippen molar-refractivity contribution < 1.29 is 23.9 Å². The van der Waals surface area contributed by atoms with Crippen LogP contribution in [0.3, 0.4) is 0 Å². The molecule has 0 amide bonds. The molecule has 6 heteroatoms. The Morgan fingerprint density at radius 2 is 0.971 bits per heavy atom. The molecule has 0 spiro atoms. The fourth-order valence-electron chi connectivity index (χ4n) is 4.49. The van der Waals surface area contributed by atoms with Gasteiger partial charge in [0.2, 0.25) is 5.34 Å². The second-order valence-electron chi connectivity index (χ2n) is 11.4. The van der Waals surface area contributed by atoms with Crippen LogP contribution in [0.15, 0.2) is 24.3 Å². The number of rotatable bonds is 24. The van der Waals surface area contributed by atoms with Gasteiger partial charge < -0.3 is 19.4 Å². The molecule has 35 heavy (non-hydrogen) atoms. The summed E-state index contributed by atoms with van der Waals surface area (Å²) in [6.07, 6.45) is 31.3. The summed E-state index contributed by atoms with van der Waals surface area (Å²) >= 11 is 0. The maximum absolute atomic E-state index is 11.8. The molecule has 0 fully saturated rings. The van der Waals surface area contributed by atoms with Gasteiger partial charge in [-0.2, -0.15) is 0 Å². The predicted molar refractivity (Wildman–Crippen MR) is 152 cm³/mol. The maximum Gasteiger partial charge on any atom is 0.362 e. The standard InChI is InChI=1S/C29H58NO4P/c1-5-6-7-8-9-10-11-12-13-14-15-16-17-18-19-20-21-22-23-24-25-26-27-29(31,35(32,33)34)28-30(2,3)4/h10-11,16-17,31H,5-9,12-15,18-28H2,1-4H3,(H-,32,33,34)/p+1/b11-10-,17-16-. The highest BCUT2D eigenvalue weighted by atomic mass is 31.2. The second kappa shape index (κ2) is 20.6. The summed E-state index contributed by atoms with van der Waals surface area (Å²) < 4.78 is 12.1. The Morgan fingerprint density at radius 3 is 1.34 bits per heavy atom. The number of nitrogens with zero attached hydrogens (tertiary/aromatic N) is 1. The third kappa shape index (κ3) is 21.4. The first-order valence-electron chi connectivity index (χ1n) is 14.4. The lowest BCUT2D eigenvalue weighted by Gasteiger charge is -2.35. The van der Waals surface area contributed by atoms with Crippen molar-refractivity contribution in [3.8, 4) is 0 Å². The highest BCUT2D eigenvalue weighted by molar-refractivity contribution is 7.53. The number of likely N-dealkylation sites (N-methyl/N-ethyl adjacent to an activating group) is 1. The summed E-state index contributed by atoms with van der Waals surface area (Å²) in [6, 6.07) is 0. The van der Waals surface area contributed by atoms with Gasteiger partial charge in [0, 0.05) is 0 Å². The molecular weight excluding hydrogens is 457 g/mol. The molecule has 0 saturated carbocycles. The Bertz CT molecular complexity index is 594. The average Bonchev–Trinajstić information content (AvgIpc) is 2.75. The molecule has 0 bridgehead atoms. The SMILES string of the molecule is CCCCCC/C=C\CCCC/C=C\CCCCCCCCCCC(O)(C[N+](C)(C)C)P(=O)(O)O. The van der Waals surface area contributed by atoms with E-state index in [0.717, 1.165) is 19.3 Å². The van der Waals surface area contributed by atoms with Crippen molar-refractivity contribution in [2.45, 2.75) is 134 Å². The molecule has 0 radical (unpaired) electrons. The molecule has 0 heterocycles.